The summed E-state index contributed by atoms with van der Waals surface area (Å²) in [5.74, 6) is 1.36. The fraction of sp³-hybridized carbons (Fsp3) is 0.455. The number of ether oxygens (including phenoxy) is 2. The normalized spacial score (nSPS) is 13.6. The maximum absolute atomic E-state index is 10.0. The second-order valence-electron chi connectivity index (χ2n) is 6.84. The highest BCUT2D eigenvalue weighted by atomic mass is 16.5. The first-order valence-electron chi connectivity index (χ1n) is 9.33. The summed E-state index contributed by atoms with van der Waals surface area (Å²) in [5.41, 5.74) is 2.51. The van der Waals surface area contributed by atoms with Crippen LogP contribution in [0.3, 0.4) is 0 Å². The molecule has 0 saturated heterocycles. The SMILES string of the molecule is CC(C)c1ccc(OCCOCC(O)CNC(C)c2ccccc2)cc1. The standard InChI is InChI=1S/C22H31NO3/c1-17(2)19-9-11-22(12-10-19)26-14-13-25-16-21(24)15-23-18(3)20-7-5-4-6-8-20/h4-12,17-18,21,23-24H,13-16H2,1-3H3. The van der Waals surface area contributed by atoms with E-state index < -0.39 is 6.10 Å². The average molecular weight is 357 g/mol. The van der Waals surface area contributed by atoms with Crippen molar-refractivity contribution >= 4 is 0 Å². The van der Waals surface area contributed by atoms with Crippen LogP contribution in [0.25, 0.3) is 0 Å². The molecule has 2 unspecified atom stereocenters. The van der Waals surface area contributed by atoms with E-state index >= 15 is 0 Å². The van der Waals surface area contributed by atoms with E-state index in [1.807, 2.05) is 30.3 Å². The van der Waals surface area contributed by atoms with Crippen molar-refractivity contribution in [2.45, 2.75) is 38.8 Å². The molecular weight excluding hydrogens is 326 g/mol. The molecule has 2 aromatic carbocycles. The Labute approximate surface area is 157 Å². The number of aliphatic hydroxyl groups is 1. The van der Waals surface area contributed by atoms with Crippen LogP contribution in [0.4, 0.5) is 0 Å². The van der Waals surface area contributed by atoms with Crippen molar-refractivity contribution < 1.29 is 14.6 Å². The Bertz CT molecular complexity index is 613. The summed E-state index contributed by atoms with van der Waals surface area (Å²) in [5, 5.41) is 13.3. The summed E-state index contributed by atoms with van der Waals surface area (Å²) in [6, 6.07) is 18.5. The van der Waals surface area contributed by atoms with Crippen molar-refractivity contribution in [3.8, 4) is 5.75 Å². The quantitative estimate of drug-likeness (QED) is 0.599. The van der Waals surface area contributed by atoms with Crippen LogP contribution in [0.1, 0.15) is 43.9 Å². The molecule has 0 fully saturated rings. The highest BCUT2D eigenvalue weighted by Gasteiger charge is 2.08. The van der Waals surface area contributed by atoms with Crippen LogP contribution in [-0.4, -0.2) is 37.6 Å². The number of nitrogens with one attached hydrogen (secondary N) is 1. The monoisotopic (exact) mass is 357 g/mol. The molecule has 0 radical (unpaired) electrons. The Balaban J connectivity index is 1.56. The van der Waals surface area contributed by atoms with Crippen molar-refractivity contribution in [2.75, 3.05) is 26.4 Å². The molecule has 0 heterocycles. The smallest absolute Gasteiger partial charge is 0.119 e. The molecule has 0 aromatic heterocycles. The first kappa shape index (κ1) is 20.4. The van der Waals surface area contributed by atoms with Gasteiger partial charge in [-0.15, -0.1) is 0 Å². The Morgan fingerprint density at radius 3 is 2.23 bits per heavy atom. The van der Waals surface area contributed by atoms with E-state index in [0.29, 0.717) is 32.3 Å². The molecule has 26 heavy (non-hydrogen) atoms. The molecule has 0 aliphatic carbocycles. The lowest BCUT2D eigenvalue weighted by Crippen LogP contribution is -2.32. The maximum Gasteiger partial charge on any atom is 0.119 e. The fourth-order valence-electron chi connectivity index (χ4n) is 2.62. The van der Waals surface area contributed by atoms with Gasteiger partial charge in [0.25, 0.3) is 0 Å². The predicted molar refractivity (Wildman–Crippen MR) is 106 cm³/mol. The van der Waals surface area contributed by atoms with Gasteiger partial charge in [0.2, 0.25) is 0 Å². The van der Waals surface area contributed by atoms with Crippen molar-refractivity contribution in [1.82, 2.24) is 5.32 Å². The number of rotatable bonds is 11. The highest BCUT2D eigenvalue weighted by Crippen LogP contribution is 2.18. The second-order valence-corrected chi connectivity index (χ2v) is 6.84. The van der Waals surface area contributed by atoms with Gasteiger partial charge in [0.15, 0.2) is 0 Å². The van der Waals surface area contributed by atoms with Gasteiger partial charge in [0.05, 0.1) is 19.3 Å². The van der Waals surface area contributed by atoms with Gasteiger partial charge >= 0.3 is 0 Å². The zero-order valence-corrected chi connectivity index (χ0v) is 16.0. The predicted octanol–water partition coefficient (Wildman–Crippen LogP) is 3.92. The summed E-state index contributed by atoms with van der Waals surface area (Å²) in [7, 11) is 0. The molecule has 0 aliphatic heterocycles. The van der Waals surface area contributed by atoms with Crippen LogP contribution in [0.15, 0.2) is 54.6 Å². The van der Waals surface area contributed by atoms with Gasteiger partial charge in [-0.25, -0.2) is 0 Å². The molecule has 2 rings (SSSR count). The fourth-order valence-corrected chi connectivity index (χ4v) is 2.62. The van der Waals surface area contributed by atoms with Crippen LogP contribution in [-0.2, 0) is 4.74 Å². The molecule has 0 aliphatic rings. The van der Waals surface area contributed by atoms with E-state index in [-0.39, 0.29) is 6.04 Å². The minimum absolute atomic E-state index is 0.197. The second kappa shape index (κ2) is 11.0. The van der Waals surface area contributed by atoms with E-state index in [9.17, 15) is 5.11 Å². The third-order valence-electron chi connectivity index (χ3n) is 4.31. The molecule has 0 amide bonds. The van der Waals surface area contributed by atoms with Gasteiger partial charge in [0, 0.05) is 12.6 Å². The number of hydrogen-bond acceptors (Lipinski definition) is 4. The number of benzene rings is 2. The molecule has 2 N–H and O–H groups in total. The lowest BCUT2D eigenvalue weighted by atomic mass is 10.0. The summed E-state index contributed by atoms with van der Waals surface area (Å²) >= 11 is 0. The van der Waals surface area contributed by atoms with Crippen LogP contribution in [0.2, 0.25) is 0 Å². The minimum Gasteiger partial charge on any atom is -0.491 e. The maximum atomic E-state index is 10.0. The average Bonchev–Trinajstić information content (AvgIpc) is 2.67. The van der Waals surface area contributed by atoms with Crippen molar-refractivity contribution in [3.63, 3.8) is 0 Å². The first-order chi connectivity index (χ1) is 12.6. The van der Waals surface area contributed by atoms with E-state index in [0.717, 1.165) is 5.75 Å². The number of aliphatic hydroxyl groups excluding tert-OH is 1. The van der Waals surface area contributed by atoms with Gasteiger partial charge in [-0.05, 0) is 36.1 Å². The zero-order chi connectivity index (χ0) is 18.8. The van der Waals surface area contributed by atoms with Crippen LogP contribution >= 0.6 is 0 Å². The van der Waals surface area contributed by atoms with Crippen LogP contribution in [0, 0.1) is 0 Å². The lowest BCUT2D eigenvalue weighted by Gasteiger charge is -2.17. The van der Waals surface area contributed by atoms with Crippen LogP contribution in [0.5, 0.6) is 5.75 Å². The van der Waals surface area contributed by atoms with Gasteiger partial charge in [-0.3, -0.25) is 0 Å². The first-order valence-corrected chi connectivity index (χ1v) is 9.33. The molecule has 4 heteroatoms. The Hall–Kier alpha value is -1.88. The van der Waals surface area contributed by atoms with E-state index in [1.165, 1.54) is 11.1 Å². The number of hydrogen-bond donors (Lipinski definition) is 2. The van der Waals surface area contributed by atoms with E-state index in [1.54, 1.807) is 0 Å². The molecule has 2 atom stereocenters. The van der Waals surface area contributed by atoms with Crippen molar-refractivity contribution in [2.24, 2.45) is 0 Å². The van der Waals surface area contributed by atoms with Gasteiger partial charge in [-0.2, -0.15) is 0 Å². The largest absolute Gasteiger partial charge is 0.491 e. The summed E-state index contributed by atoms with van der Waals surface area (Å²) in [6.07, 6.45) is -0.536. The van der Waals surface area contributed by atoms with E-state index in [2.05, 4.69) is 50.4 Å². The molecule has 2 aromatic rings. The molecule has 0 saturated carbocycles. The van der Waals surface area contributed by atoms with Crippen molar-refractivity contribution in [1.29, 1.82) is 0 Å². The molecule has 0 spiro atoms. The molecule has 142 valence electrons. The van der Waals surface area contributed by atoms with E-state index in [4.69, 9.17) is 9.47 Å². The van der Waals surface area contributed by atoms with Gasteiger partial charge < -0.3 is 19.9 Å². The van der Waals surface area contributed by atoms with Gasteiger partial charge in [-0.1, -0.05) is 56.3 Å². The third-order valence-corrected chi connectivity index (χ3v) is 4.31. The Morgan fingerprint density at radius 1 is 0.885 bits per heavy atom. The van der Waals surface area contributed by atoms with Crippen LogP contribution < -0.4 is 10.1 Å². The zero-order valence-electron chi connectivity index (χ0n) is 16.0. The minimum atomic E-state index is -0.536. The summed E-state index contributed by atoms with van der Waals surface area (Å²) in [6.45, 7) is 8.15. The lowest BCUT2D eigenvalue weighted by molar-refractivity contribution is 0.0242. The molecular formula is C22H31NO3. The summed E-state index contributed by atoms with van der Waals surface area (Å²) < 4.78 is 11.2. The highest BCUT2D eigenvalue weighted by molar-refractivity contribution is 5.28. The Kier molecular flexibility index (Phi) is 8.62. The molecule has 4 nitrogen and oxygen atoms in total. The van der Waals surface area contributed by atoms with Crippen molar-refractivity contribution in [3.05, 3.63) is 65.7 Å². The summed E-state index contributed by atoms with van der Waals surface area (Å²) in [4.78, 5) is 0. The third kappa shape index (κ3) is 7.16. The Morgan fingerprint density at radius 2 is 1.58 bits per heavy atom. The topological polar surface area (TPSA) is 50.7 Å². The van der Waals surface area contributed by atoms with Gasteiger partial charge in [0.1, 0.15) is 12.4 Å². The molecule has 0 bridgehead atoms.